The van der Waals surface area contributed by atoms with Crippen molar-refractivity contribution in [2.75, 3.05) is 13.2 Å². The highest BCUT2D eigenvalue weighted by Crippen LogP contribution is 2.67. The van der Waals surface area contributed by atoms with E-state index in [4.69, 9.17) is 18.9 Å². The highest BCUT2D eigenvalue weighted by Gasteiger charge is 2.59. The summed E-state index contributed by atoms with van der Waals surface area (Å²) in [5.41, 5.74) is 1.09. The standard InChI is InChI=1S/C39H68O9/c1-24-10-13-33-32-15-12-26(8-7-9-34(37(3,4)44)48-36-21-28(43)19-30(23-41)47-36)38(32,5)16-17-39(33,6)31(24)14-11-25(2)45-35-20-27(42)18-29(22-40)46-35/h10,25-36,40-44H,7-9,11-23H2,1-6H3/t25-,26?,27+,28+,29+,30+,31?,32?,33+,34-,35-,36+,38-,39+/m1/s1. The van der Waals surface area contributed by atoms with E-state index in [0.717, 1.165) is 32.1 Å². The lowest BCUT2D eigenvalue weighted by atomic mass is 9.46. The van der Waals surface area contributed by atoms with Crippen LogP contribution in [-0.2, 0) is 18.9 Å². The largest absolute Gasteiger partial charge is 0.394 e. The molecule has 4 fully saturated rings. The summed E-state index contributed by atoms with van der Waals surface area (Å²) in [4.78, 5) is 0. The molecule has 14 atom stereocenters. The number of allylic oxidation sites excluding steroid dienone is 2. The Morgan fingerprint density at radius 1 is 0.854 bits per heavy atom. The van der Waals surface area contributed by atoms with E-state index in [1.54, 1.807) is 13.8 Å². The quantitative estimate of drug-likeness (QED) is 0.148. The van der Waals surface area contributed by atoms with Gasteiger partial charge in [0, 0.05) is 25.7 Å². The molecule has 2 aliphatic heterocycles. The van der Waals surface area contributed by atoms with Crippen molar-refractivity contribution in [3.05, 3.63) is 11.6 Å². The van der Waals surface area contributed by atoms with Crippen molar-refractivity contribution < 1.29 is 44.5 Å². The zero-order valence-electron chi connectivity index (χ0n) is 30.7. The topological polar surface area (TPSA) is 138 Å². The summed E-state index contributed by atoms with van der Waals surface area (Å²) in [7, 11) is 0. The Kier molecular flexibility index (Phi) is 12.8. The normalized spacial score (nSPS) is 43.3. The molecule has 5 N–H and O–H groups in total. The first kappa shape index (κ1) is 38.6. The molecule has 0 spiro atoms. The monoisotopic (exact) mass is 680 g/mol. The molecule has 3 aliphatic carbocycles. The average molecular weight is 681 g/mol. The lowest BCUT2D eigenvalue weighted by molar-refractivity contribution is -0.260. The van der Waals surface area contributed by atoms with Gasteiger partial charge in [-0.2, -0.15) is 0 Å². The number of aliphatic hydroxyl groups is 5. The first-order valence-corrected chi connectivity index (χ1v) is 19.2. The van der Waals surface area contributed by atoms with E-state index in [2.05, 4.69) is 33.8 Å². The molecule has 2 heterocycles. The second-order valence-corrected chi connectivity index (χ2v) is 17.5. The third-order valence-electron chi connectivity index (χ3n) is 13.6. The van der Waals surface area contributed by atoms with E-state index in [1.807, 2.05) is 0 Å². The van der Waals surface area contributed by atoms with Crippen LogP contribution in [0.25, 0.3) is 0 Å². The smallest absolute Gasteiger partial charge is 0.161 e. The van der Waals surface area contributed by atoms with Gasteiger partial charge in [-0.05, 0) is 120 Å². The first-order valence-electron chi connectivity index (χ1n) is 19.2. The van der Waals surface area contributed by atoms with Crippen LogP contribution < -0.4 is 0 Å². The Hall–Kier alpha value is -0.620. The first-order chi connectivity index (χ1) is 22.7. The van der Waals surface area contributed by atoms with Crippen LogP contribution >= 0.6 is 0 Å². The van der Waals surface area contributed by atoms with E-state index in [-0.39, 0.29) is 30.8 Å². The van der Waals surface area contributed by atoms with Crippen molar-refractivity contribution in [3.8, 4) is 0 Å². The Labute approximate surface area is 289 Å². The summed E-state index contributed by atoms with van der Waals surface area (Å²) >= 11 is 0. The minimum Gasteiger partial charge on any atom is -0.394 e. The molecule has 0 aromatic carbocycles. The molecule has 9 heteroatoms. The van der Waals surface area contributed by atoms with Crippen LogP contribution in [0.15, 0.2) is 11.6 Å². The predicted octanol–water partition coefficient (Wildman–Crippen LogP) is 5.63. The molecule has 278 valence electrons. The fourth-order valence-electron chi connectivity index (χ4n) is 10.8. The Balaban J connectivity index is 1.16. The molecule has 5 aliphatic rings. The average Bonchev–Trinajstić information content (AvgIpc) is 3.34. The summed E-state index contributed by atoms with van der Waals surface area (Å²) in [5.74, 6) is 2.58. The molecule has 0 aromatic rings. The van der Waals surface area contributed by atoms with Crippen LogP contribution in [0.5, 0.6) is 0 Å². The van der Waals surface area contributed by atoms with Crippen LogP contribution in [-0.4, -0.2) is 93.6 Å². The van der Waals surface area contributed by atoms with E-state index >= 15 is 0 Å². The zero-order chi connectivity index (χ0) is 34.9. The van der Waals surface area contributed by atoms with E-state index in [0.29, 0.717) is 54.8 Å². The number of rotatable bonds is 14. The molecule has 48 heavy (non-hydrogen) atoms. The van der Waals surface area contributed by atoms with Crippen LogP contribution in [0, 0.1) is 34.5 Å². The molecule has 2 saturated carbocycles. The van der Waals surface area contributed by atoms with Gasteiger partial charge < -0.3 is 44.5 Å². The summed E-state index contributed by atoms with van der Waals surface area (Å²) in [6.07, 6.45) is 12.0. The van der Waals surface area contributed by atoms with E-state index < -0.39 is 42.6 Å². The fraction of sp³-hybridized carbons (Fsp3) is 0.949. The number of aliphatic hydroxyl groups excluding tert-OH is 4. The minimum atomic E-state index is -1.04. The molecule has 3 unspecified atom stereocenters. The highest BCUT2D eigenvalue weighted by atomic mass is 16.7. The van der Waals surface area contributed by atoms with E-state index in [1.165, 1.54) is 37.7 Å². The fourth-order valence-corrected chi connectivity index (χ4v) is 10.8. The van der Waals surface area contributed by atoms with Crippen molar-refractivity contribution in [2.45, 2.75) is 186 Å². The number of fused-ring (bicyclic) bond motifs is 3. The number of ether oxygens (including phenoxy) is 4. The highest BCUT2D eigenvalue weighted by molar-refractivity contribution is 5.20. The second kappa shape index (κ2) is 16.0. The molecule has 0 amide bonds. The lowest BCUT2D eigenvalue weighted by Gasteiger charge is -2.58. The molecular formula is C39H68O9. The van der Waals surface area contributed by atoms with Gasteiger partial charge in [0.2, 0.25) is 0 Å². The van der Waals surface area contributed by atoms with Crippen molar-refractivity contribution in [2.24, 2.45) is 34.5 Å². The minimum absolute atomic E-state index is 0.0173. The van der Waals surface area contributed by atoms with Gasteiger partial charge in [0.15, 0.2) is 12.6 Å². The summed E-state index contributed by atoms with van der Waals surface area (Å²) in [6, 6.07) is 0. The Morgan fingerprint density at radius 3 is 2.06 bits per heavy atom. The zero-order valence-corrected chi connectivity index (χ0v) is 30.7. The molecule has 0 radical (unpaired) electrons. The van der Waals surface area contributed by atoms with Gasteiger partial charge in [-0.25, -0.2) is 0 Å². The lowest BCUT2D eigenvalue weighted by Crippen LogP contribution is -2.51. The third-order valence-corrected chi connectivity index (χ3v) is 13.6. The maximum atomic E-state index is 11.0. The Morgan fingerprint density at radius 2 is 1.46 bits per heavy atom. The van der Waals surface area contributed by atoms with Crippen molar-refractivity contribution in [1.82, 2.24) is 0 Å². The van der Waals surface area contributed by atoms with Gasteiger partial charge in [0.1, 0.15) is 0 Å². The second-order valence-electron chi connectivity index (χ2n) is 17.5. The molecule has 0 bridgehead atoms. The molecule has 5 rings (SSSR count). The van der Waals surface area contributed by atoms with Crippen LogP contribution in [0.2, 0.25) is 0 Å². The van der Waals surface area contributed by atoms with Crippen LogP contribution in [0.3, 0.4) is 0 Å². The van der Waals surface area contributed by atoms with Crippen molar-refractivity contribution in [1.29, 1.82) is 0 Å². The van der Waals surface area contributed by atoms with Crippen LogP contribution in [0.4, 0.5) is 0 Å². The summed E-state index contributed by atoms with van der Waals surface area (Å²) < 4.78 is 24.3. The summed E-state index contributed by atoms with van der Waals surface area (Å²) in [5, 5.41) is 50.6. The molecule has 0 aromatic heterocycles. The van der Waals surface area contributed by atoms with Crippen molar-refractivity contribution in [3.63, 3.8) is 0 Å². The predicted molar refractivity (Wildman–Crippen MR) is 184 cm³/mol. The molecule has 9 nitrogen and oxygen atoms in total. The molecular weight excluding hydrogens is 612 g/mol. The molecule has 2 saturated heterocycles. The summed E-state index contributed by atoms with van der Waals surface area (Å²) in [6.45, 7) is 12.9. The van der Waals surface area contributed by atoms with Gasteiger partial charge in [-0.3, -0.25) is 0 Å². The Bertz CT molecular complexity index is 1060. The van der Waals surface area contributed by atoms with Gasteiger partial charge in [-0.1, -0.05) is 31.9 Å². The van der Waals surface area contributed by atoms with Gasteiger partial charge in [0.05, 0.1) is 55.4 Å². The van der Waals surface area contributed by atoms with Gasteiger partial charge in [0.25, 0.3) is 0 Å². The van der Waals surface area contributed by atoms with Crippen LogP contribution in [0.1, 0.15) is 131 Å². The maximum Gasteiger partial charge on any atom is 0.161 e. The number of hydrogen-bond donors (Lipinski definition) is 5. The third kappa shape index (κ3) is 8.70. The van der Waals surface area contributed by atoms with Gasteiger partial charge >= 0.3 is 0 Å². The maximum absolute atomic E-state index is 11.0. The van der Waals surface area contributed by atoms with Crippen molar-refractivity contribution >= 4 is 0 Å². The van der Waals surface area contributed by atoms with Gasteiger partial charge in [-0.15, -0.1) is 0 Å². The SMILES string of the molecule is CC1=CC[C@H]2C3CCC(CCC[C@@H](O[C@H]4C[C@@H](O)C[C@@H](CO)O4)C(C)(C)O)[C@@]3(C)CC[C@@]2(C)C1CC[C@@H](C)O[C@H]1C[C@@H](O)C[C@@H](CO)O1. The number of hydrogen-bond acceptors (Lipinski definition) is 9. The van der Waals surface area contributed by atoms with E-state index in [9.17, 15) is 25.5 Å².